The van der Waals surface area contributed by atoms with E-state index in [1.807, 2.05) is 32.0 Å². The average molecular weight is 239 g/mol. The third-order valence-electron chi connectivity index (χ3n) is 3.07. The van der Waals surface area contributed by atoms with E-state index in [2.05, 4.69) is 0 Å². The van der Waals surface area contributed by atoms with Gasteiger partial charge < -0.3 is 0 Å². The Labute approximate surface area is 97.1 Å². The third-order valence-corrected chi connectivity index (χ3v) is 5.28. The molecule has 1 aliphatic heterocycles. The first-order chi connectivity index (χ1) is 7.53. The van der Waals surface area contributed by atoms with Crippen LogP contribution in [0.25, 0.3) is 0 Å². The molecule has 0 saturated carbocycles. The highest BCUT2D eigenvalue weighted by molar-refractivity contribution is 7.89. The van der Waals surface area contributed by atoms with Crippen LogP contribution in [0.5, 0.6) is 0 Å². The molecule has 3 nitrogen and oxygen atoms in total. The lowest BCUT2D eigenvalue weighted by Crippen LogP contribution is -2.29. The Bertz CT molecular complexity index is 467. The molecule has 4 heteroatoms. The summed E-state index contributed by atoms with van der Waals surface area (Å²) in [6, 6.07) is 5.61. The highest BCUT2D eigenvalue weighted by Gasteiger charge is 2.29. The maximum atomic E-state index is 12.4. The van der Waals surface area contributed by atoms with Crippen molar-refractivity contribution in [3.63, 3.8) is 0 Å². The van der Waals surface area contributed by atoms with Gasteiger partial charge in [0.2, 0.25) is 10.0 Å². The average Bonchev–Trinajstić information content (AvgIpc) is 2.69. The molecule has 1 heterocycles. The fraction of sp³-hybridized carbons (Fsp3) is 0.500. The molecule has 0 N–H and O–H groups in total. The summed E-state index contributed by atoms with van der Waals surface area (Å²) in [7, 11) is -3.27. The van der Waals surface area contributed by atoms with Crippen LogP contribution in [0.15, 0.2) is 23.1 Å². The minimum Gasteiger partial charge on any atom is -0.207 e. The topological polar surface area (TPSA) is 37.4 Å². The van der Waals surface area contributed by atoms with Gasteiger partial charge in [-0.3, -0.25) is 0 Å². The molecular weight excluding hydrogens is 222 g/mol. The summed E-state index contributed by atoms with van der Waals surface area (Å²) in [5.74, 6) is 0. The first-order valence-electron chi connectivity index (χ1n) is 5.60. The van der Waals surface area contributed by atoms with Crippen LogP contribution in [0.4, 0.5) is 0 Å². The molecule has 0 spiro atoms. The smallest absolute Gasteiger partial charge is 0.207 e. The van der Waals surface area contributed by atoms with Crippen LogP contribution in [0.2, 0.25) is 0 Å². The SMILES string of the molecule is Cc1cccc(C)c1S(=O)(=O)N1CCCC1. The molecule has 0 aliphatic carbocycles. The summed E-state index contributed by atoms with van der Waals surface area (Å²) < 4.78 is 26.4. The van der Waals surface area contributed by atoms with E-state index < -0.39 is 10.0 Å². The van der Waals surface area contributed by atoms with E-state index in [9.17, 15) is 8.42 Å². The molecule has 88 valence electrons. The van der Waals surface area contributed by atoms with Crippen LogP contribution in [0.1, 0.15) is 24.0 Å². The van der Waals surface area contributed by atoms with Gasteiger partial charge in [0.05, 0.1) is 4.90 Å². The Balaban J connectivity index is 2.50. The first kappa shape index (κ1) is 11.6. The van der Waals surface area contributed by atoms with Crippen molar-refractivity contribution >= 4 is 10.0 Å². The number of rotatable bonds is 2. The van der Waals surface area contributed by atoms with Crippen molar-refractivity contribution < 1.29 is 8.42 Å². The van der Waals surface area contributed by atoms with Crippen molar-refractivity contribution in [2.75, 3.05) is 13.1 Å². The van der Waals surface area contributed by atoms with Crippen LogP contribution in [0, 0.1) is 13.8 Å². The Morgan fingerprint density at radius 1 is 1.06 bits per heavy atom. The number of hydrogen-bond acceptors (Lipinski definition) is 2. The zero-order chi connectivity index (χ0) is 11.8. The van der Waals surface area contributed by atoms with E-state index >= 15 is 0 Å². The van der Waals surface area contributed by atoms with Crippen molar-refractivity contribution in [2.45, 2.75) is 31.6 Å². The summed E-state index contributed by atoms with van der Waals surface area (Å²) in [6.07, 6.45) is 1.95. The molecule has 0 aromatic heterocycles. The van der Waals surface area contributed by atoms with Gasteiger partial charge in [0.15, 0.2) is 0 Å². The minimum atomic E-state index is -3.27. The van der Waals surface area contributed by atoms with Crippen molar-refractivity contribution in [3.05, 3.63) is 29.3 Å². The van der Waals surface area contributed by atoms with Gasteiger partial charge in [0.25, 0.3) is 0 Å². The Hall–Kier alpha value is -0.870. The zero-order valence-corrected chi connectivity index (χ0v) is 10.5. The molecule has 1 fully saturated rings. The molecule has 0 amide bonds. The van der Waals surface area contributed by atoms with E-state index in [-0.39, 0.29) is 0 Å². The number of benzene rings is 1. The second kappa shape index (κ2) is 4.18. The van der Waals surface area contributed by atoms with E-state index in [0.29, 0.717) is 18.0 Å². The molecular formula is C12H17NO2S. The zero-order valence-electron chi connectivity index (χ0n) is 9.73. The number of nitrogens with zero attached hydrogens (tertiary/aromatic N) is 1. The van der Waals surface area contributed by atoms with Crippen LogP contribution >= 0.6 is 0 Å². The number of aryl methyl sites for hydroxylation is 2. The van der Waals surface area contributed by atoms with Crippen molar-refractivity contribution in [1.82, 2.24) is 4.31 Å². The summed E-state index contributed by atoms with van der Waals surface area (Å²) in [4.78, 5) is 0.497. The van der Waals surface area contributed by atoms with Gasteiger partial charge in [0, 0.05) is 13.1 Å². The molecule has 16 heavy (non-hydrogen) atoms. The molecule has 2 rings (SSSR count). The fourth-order valence-corrected chi connectivity index (χ4v) is 4.21. The quantitative estimate of drug-likeness (QED) is 0.792. The van der Waals surface area contributed by atoms with E-state index in [4.69, 9.17) is 0 Å². The summed E-state index contributed by atoms with van der Waals surface area (Å²) in [6.45, 7) is 5.04. The van der Waals surface area contributed by atoms with Crippen molar-refractivity contribution in [2.24, 2.45) is 0 Å². The molecule has 1 aliphatic rings. The summed E-state index contributed by atoms with van der Waals surface area (Å²) in [5.41, 5.74) is 1.68. The van der Waals surface area contributed by atoms with Gasteiger partial charge in [-0.15, -0.1) is 0 Å². The second-order valence-electron chi connectivity index (χ2n) is 4.33. The van der Waals surface area contributed by atoms with Gasteiger partial charge in [0.1, 0.15) is 0 Å². The van der Waals surface area contributed by atoms with Gasteiger partial charge in [-0.25, -0.2) is 8.42 Å². The number of sulfonamides is 1. The van der Waals surface area contributed by atoms with Crippen LogP contribution in [0.3, 0.4) is 0 Å². The molecule has 0 atom stereocenters. The standard InChI is InChI=1S/C12H17NO2S/c1-10-6-5-7-11(2)12(10)16(14,15)13-8-3-4-9-13/h5-7H,3-4,8-9H2,1-2H3. The molecule has 0 unspecified atom stereocenters. The molecule has 1 aromatic carbocycles. The molecule has 1 saturated heterocycles. The highest BCUT2D eigenvalue weighted by atomic mass is 32.2. The number of hydrogen-bond donors (Lipinski definition) is 0. The lowest BCUT2D eigenvalue weighted by Gasteiger charge is -2.18. The Morgan fingerprint density at radius 3 is 2.06 bits per heavy atom. The predicted octanol–water partition coefficient (Wildman–Crippen LogP) is 2.09. The predicted molar refractivity (Wildman–Crippen MR) is 63.9 cm³/mol. The van der Waals surface area contributed by atoms with E-state index in [1.54, 1.807) is 4.31 Å². The Kier molecular flexibility index (Phi) is 3.04. The maximum Gasteiger partial charge on any atom is 0.243 e. The van der Waals surface area contributed by atoms with Crippen LogP contribution in [-0.2, 0) is 10.0 Å². The summed E-state index contributed by atoms with van der Waals surface area (Å²) >= 11 is 0. The maximum absolute atomic E-state index is 12.4. The van der Waals surface area contributed by atoms with Crippen molar-refractivity contribution in [3.8, 4) is 0 Å². The van der Waals surface area contributed by atoms with Gasteiger partial charge in [-0.2, -0.15) is 4.31 Å². The lowest BCUT2D eigenvalue weighted by atomic mass is 10.2. The van der Waals surface area contributed by atoms with Gasteiger partial charge in [-0.1, -0.05) is 18.2 Å². The molecule has 0 bridgehead atoms. The van der Waals surface area contributed by atoms with Crippen LogP contribution in [-0.4, -0.2) is 25.8 Å². The largest absolute Gasteiger partial charge is 0.243 e. The first-order valence-corrected chi connectivity index (χ1v) is 7.04. The summed E-state index contributed by atoms with van der Waals surface area (Å²) in [5, 5.41) is 0. The normalized spacial score (nSPS) is 17.9. The minimum absolute atomic E-state index is 0.497. The lowest BCUT2D eigenvalue weighted by molar-refractivity contribution is 0.476. The van der Waals surface area contributed by atoms with E-state index in [0.717, 1.165) is 24.0 Å². The second-order valence-corrected chi connectivity index (χ2v) is 6.21. The molecule has 0 radical (unpaired) electrons. The monoisotopic (exact) mass is 239 g/mol. The highest BCUT2D eigenvalue weighted by Crippen LogP contribution is 2.26. The van der Waals surface area contributed by atoms with E-state index in [1.165, 1.54) is 0 Å². The third kappa shape index (κ3) is 1.87. The Morgan fingerprint density at radius 2 is 1.56 bits per heavy atom. The van der Waals surface area contributed by atoms with Gasteiger partial charge in [-0.05, 0) is 37.8 Å². The van der Waals surface area contributed by atoms with Crippen LogP contribution < -0.4 is 0 Å². The van der Waals surface area contributed by atoms with Crippen molar-refractivity contribution in [1.29, 1.82) is 0 Å². The fourth-order valence-electron chi connectivity index (χ4n) is 2.26. The molecule has 1 aromatic rings. The van der Waals surface area contributed by atoms with Gasteiger partial charge >= 0.3 is 0 Å².